The van der Waals surface area contributed by atoms with E-state index >= 15 is 0 Å². The first-order chi connectivity index (χ1) is 8.67. The maximum absolute atomic E-state index is 9.42. The lowest BCUT2D eigenvalue weighted by Crippen LogP contribution is -2.19. The minimum Gasteiger partial charge on any atom is -0.491 e. The molecule has 0 amide bonds. The van der Waals surface area contributed by atoms with Gasteiger partial charge in [0.1, 0.15) is 12.4 Å². The Hall–Kier alpha value is -1.06. The van der Waals surface area contributed by atoms with E-state index in [1.807, 2.05) is 19.1 Å². The molecule has 0 radical (unpaired) electrons. The fourth-order valence-corrected chi connectivity index (χ4v) is 1.64. The van der Waals surface area contributed by atoms with E-state index in [0.717, 1.165) is 25.1 Å². The van der Waals surface area contributed by atoms with Crippen molar-refractivity contribution < 1.29 is 9.84 Å². The molecule has 102 valence electrons. The van der Waals surface area contributed by atoms with Crippen molar-refractivity contribution in [1.82, 2.24) is 5.32 Å². The third kappa shape index (κ3) is 5.07. The topological polar surface area (TPSA) is 41.5 Å². The molecule has 1 aromatic rings. The van der Waals surface area contributed by atoms with Crippen LogP contribution in [0.5, 0.6) is 5.75 Å². The summed E-state index contributed by atoms with van der Waals surface area (Å²) in [7, 11) is 0. The van der Waals surface area contributed by atoms with E-state index in [1.165, 1.54) is 5.56 Å². The van der Waals surface area contributed by atoms with Crippen LogP contribution in [0.25, 0.3) is 0 Å². The highest BCUT2D eigenvalue weighted by molar-refractivity contribution is 5.28. The second-order valence-electron chi connectivity index (χ2n) is 4.62. The summed E-state index contributed by atoms with van der Waals surface area (Å²) in [6.45, 7) is 7.65. The van der Waals surface area contributed by atoms with E-state index < -0.39 is 0 Å². The highest BCUT2D eigenvalue weighted by Crippen LogP contribution is 2.17. The van der Waals surface area contributed by atoms with Gasteiger partial charge in [0.25, 0.3) is 0 Å². The third-order valence-electron chi connectivity index (χ3n) is 2.99. The Bertz CT molecular complexity index is 324. The molecule has 0 heterocycles. The first-order valence-corrected chi connectivity index (χ1v) is 6.81. The predicted molar refractivity (Wildman–Crippen MR) is 74.9 cm³/mol. The van der Waals surface area contributed by atoms with Crippen LogP contribution in [0.1, 0.15) is 45.2 Å². The summed E-state index contributed by atoms with van der Waals surface area (Å²) in [5.41, 5.74) is 1.26. The molecular weight excluding hydrogens is 226 g/mol. The number of hydrogen-bond donors (Lipinski definition) is 2. The van der Waals surface area contributed by atoms with Gasteiger partial charge in [-0.3, -0.25) is 0 Å². The van der Waals surface area contributed by atoms with Crippen molar-refractivity contribution in [2.24, 2.45) is 0 Å². The molecule has 0 aliphatic heterocycles. The second-order valence-corrected chi connectivity index (χ2v) is 4.62. The SMILES string of the molecule is CCCNC(C)c1ccc(OCC(O)CC)cc1. The first kappa shape index (κ1) is 15.0. The number of nitrogens with one attached hydrogen (secondary N) is 1. The average molecular weight is 251 g/mol. The van der Waals surface area contributed by atoms with Crippen molar-refractivity contribution >= 4 is 0 Å². The molecule has 3 heteroatoms. The third-order valence-corrected chi connectivity index (χ3v) is 2.99. The summed E-state index contributed by atoms with van der Waals surface area (Å²) >= 11 is 0. The number of aliphatic hydroxyl groups excluding tert-OH is 1. The molecule has 2 unspecified atom stereocenters. The van der Waals surface area contributed by atoms with Crippen LogP contribution in [0, 0.1) is 0 Å². The van der Waals surface area contributed by atoms with Gasteiger partial charge in [-0.1, -0.05) is 26.0 Å². The van der Waals surface area contributed by atoms with Gasteiger partial charge in [0.05, 0.1) is 6.10 Å². The fraction of sp³-hybridized carbons (Fsp3) is 0.600. The van der Waals surface area contributed by atoms with Crippen molar-refractivity contribution in [1.29, 1.82) is 0 Å². The van der Waals surface area contributed by atoms with Crippen LogP contribution in [0.2, 0.25) is 0 Å². The maximum Gasteiger partial charge on any atom is 0.119 e. The summed E-state index contributed by atoms with van der Waals surface area (Å²) in [4.78, 5) is 0. The molecule has 0 aliphatic carbocycles. The number of hydrogen-bond acceptors (Lipinski definition) is 3. The van der Waals surface area contributed by atoms with Gasteiger partial charge in [-0.05, 0) is 44.0 Å². The Labute approximate surface area is 110 Å². The molecule has 1 rings (SSSR count). The van der Waals surface area contributed by atoms with Crippen molar-refractivity contribution in [2.75, 3.05) is 13.2 Å². The van der Waals surface area contributed by atoms with Crippen LogP contribution in [0.15, 0.2) is 24.3 Å². The summed E-state index contributed by atoms with van der Waals surface area (Å²) in [5.74, 6) is 0.814. The first-order valence-electron chi connectivity index (χ1n) is 6.81. The van der Waals surface area contributed by atoms with E-state index in [2.05, 4.69) is 31.3 Å². The lowest BCUT2D eigenvalue weighted by atomic mass is 10.1. The van der Waals surface area contributed by atoms with Crippen LogP contribution in [-0.4, -0.2) is 24.4 Å². The average Bonchev–Trinajstić information content (AvgIpc) is 2.42. The molecule has 18 heavy (non-hydrogen) atoms. The highest BCUT2D eigenvalue weighted by atomic mass is 16.5. The molecule has 3 nitrogen and oxygen atoms in total. The molecule has 0 aliphatic rings. The zero-order chi connectivity index (χ0) is 13.4. The Balaban J connectivity index is 2.46. The quantitative estimate of drug-likeness (QED) is 0.746. The molecule has 0 saturated carbocycles. The van der Waals surface area contributed by atoms with Crippen molar-refractivity contribution in [3.8, 4) is 5.75 Å². The number of benzene rings is 1. The van der Waals surface area contributed by atoms with Gasteiger partial charge in [-0.25, -0.2) is 0 Å². The van der Waals surface area contributed by atoms with Gasteiger partial charge in [0.2, 0.25) is 0 Å². The smallest absolute Gasteiger partial charge is 0.119 e. The molecule has 1 aromatic carbocycles. The Morgan fingerprint density at radius 1 is 1.22 bits per heavy atom. The van der Waals surface area contributed by atoms with Gasteiger partial charge in [-0.15, -0.1) is 0 Å². The molecular formula is C15H25NO2. The van der Waals surface area contributed by atoms with Crippen LogP contribution >= 0.6 is 0 Å². The van der Waals surface area contributed by atoms with Crippen molar-refractivity contribution in [3.63, 3.8) is 0 Å². The number of rotatable bonds is 8. The lowest BCUT2D eigenvalue weighted by molar-refractivity contribution is 0.104. The summed E-state index contributed by atoms with van der Waals surface area (Å²) in [5, 5.41) is 12.9. The molecule has 0 fully saturated rings. The largest absolute Gasteiger partial charge is 0.491 e. The Kier molecular flexibility index (Phi) is 6.76. The Morgan fingerprint density at radius 3 is 2.44 bits per heavy atom. The van der Waals surface area contributed by atoms with Crippen LogP contribution in [0.3, 0.4) is 0 Å². The normalized spacial score (nSPS) is 14.2. The number of aliphatic hydroxyl groups is 1. The standard InChI is InChI=1S/C15H25NO2/c1-4-10-16-12(3)13-6-8-15(9-7-13)18-11-14(17)5-2/h6-9,12,14,16-17H,4-5,10-11H2,1-3H3. The summed E-state index contributed by atoms with van der Waals surface area (Å²) in [6.07, 6.45) is 1.48. The zero-order valence-electron chi connectivity index (χ0n) is 11.6. The van der Waals surface area contributed by atoms with Crippen molar-refractivity contribution in [3.05, 3.63) is 29.8 Å². The monoisotopic (exact) mass is 251 g/mol. The predicted octanol–water partition coefficient (Wildman–Crippen LogP) is 2.90. The van der Waals surface area contributed by atoms with E-state index in [0.29, 0.717) is 12.6 Å². The van der Waals surface area contributed by atoms with Gasteiger partial charge in [0.15, 0.2) is 0 Å². The van der Waals surface area contributed by atoms with E-state index in [4.69, 9.17) is 4.74 Å². The fourth-order valence-electron chi connectivity index (χ4n) is 1.64. The molecule has 0 bridgehead atoms. The van der Waals surface area contributed by atoms with Crippen molar-refractivity contribution in [2.45, 2.75) is 45.8 Å². The zero-order valence-corrected chi connectivity index (χ0v) is 11.6. The molecule has 0 saturated heterocycles. The summed E-state index contributed by atoms with van der Waals surface area (Å²) < 4.78 is 5.50. The van der Waals surface area contributed by atoms with E-state index in [1.54, 1.807) is 0 Å². The highest BCUT2D eigenvalue weighted by Gasteiger charge is 2.05. The van der Waals surface area contributed by atoms with Gasteiger partial charge >= 0.3 is 0 Å². The number of ether oxygens (including phenoxy) is 1. The lowest BCUT2D eigenvalue weighted by Gasteiger charge is -2.15. The molecule has 0 aromatic heterocycles. The minimum absolute atomic E-state index is 0.361. The molecule has 2 N–H and O–H groups in total. The summed E-state index contributed by atoms with van der Waals surface area (Å²) in [6, 6.07) is 8.42. The minimum atomic E-state index is -0.380. The van der Waals surface area contributed by atoms with E-state index in [-0.39, 0.29) is 6.10 Å². The van der Waals surface area contributed by atoms with Gasteiger partial charge in [-0.2, -0.15) is 0 Å². The van der Waals surface area contributed by atoms with Crippen LogP contribution in [-0.2, 0) is 0 Å². The Morgan fingerprint density at radius 2 is 1.89 bits per heavy atom. The van der Waals surface area contributed by atoms with Gasteiger partial charge in [0, 0.05) is 6.04 Å². The molecule has 2 atom stereocenters. The van der Waals surface area contributed by atoms with Gasteiger partial charge < -0.3 is 15.2 Å². The van der Waals surface area contributed by atoms with Crippen LogP contribution in [0.4, 0.5) is 0 Å². The second kappa shape index (κ2) is 8.11. The van der Waals surface area contributed by atoms with Crippen LogP contribution < -0.4 is 10.1 Å². The maximum atomic E-state index is 9.42. The molecule has 0 spiro atoms. The van der Waals surface area contributed by atoms with E-state index in [9.17, 15) is 5.11 Å².